The maximum Gasteiger partial charge on any atom is 0.109 e. The predicted molar refractivity (Wildman–Crippen MR) is 76.8 cm³/mol. The van der Waals surface area contributed by atoms with Crippen LogP contribution in [0.4, 0.5) is 0 Å². The molecular formula is C13H28B2O2. The highest BCUT2D eigenvalue weighted by molar-refractivity contribution is 7.02. The van der Waals surface area contributed by atoms with E-state index < -0.39 is 5.60 Å². The monoisotopic (exact) mass is 238 g/mol. The molecule has 0 heterocycles. The molecule has 0 aromatic heterocycles. The zero-order valence-corrected chi connectivity index (χ0v) is 12.4. The van der Waals surface area contributed by atoms with Crippen molar-refractivity contribution >= 4 is 14.3 Å². The lowest BCUT2D eigenvalue weighted by Gasteiger charge is -2.28. The van der Waals surface area contributed by atoms with E-state index in [-0.39, 0.29) is 5.50 Å². The second-order valence-electron chi connectivity index (χ2n) is 6.14. The fourth-order valence-corrected chi connectivity index (χ4v) is 1.56. The van der Waals surface area contributed by atoms with Crippen LogP contribution in [-0.4, -0.2) is 37.2 Å². The number of ether oxygens (including phenoxy) is 1. The van der Waals surface area contributed by atoms with Crippen molar-refractivity contribution in [3.8, 4) is 0 Å². The van der Waals surface area contributed by atoms with Crippen LogP contribution >= 0.6 is 0 Å². The van der Waals surface area contributed by atoms with Gasteiger partial charge in [-0.2, -0.15) is 0 Å². The minimum absolute atomic E-state index is 0.243. The Kier molecular flexibility index (Phi) is 7.50. The van der Waals surface area contributed by atoms with Crippen LogP contribution < -0.4 is 0 Å². The number of hydrogen-bond donors (Lipinski definition) is 1. The standard InChI is InChI=1S/C13H28B2O2/c1-7-8-11(2)14-15-13(5,6)17-10-9-12(3,4)16/h11,16H,7-10H2,1-6H3. The van der Waals surface area contributed by atoms with E-state index in [0.29, 0.717) is 18.8 Å². The van der Waals surface area contributed by atoms with Crippen molar-refractivity contribution in [2.24, 2.45) is 0 Å². The quantitative estimate of drug-likeness (QED) is 0.625. The molecule has 0 aromatic rings. The zero-order valence-electron chi connectivity index (χ0n) is 12.4. The summed E-state index contributed by atoms with van der Waals surface area (Å²) in [5, 5.41) is 9.60. The Morgan fingerprint density at radius 2 is 1.82 bits per heavy atom. The van der Waals surface area contributed by atoms with Crippen molar-refractivity contribution in [3.05, 3.63) is 0 Å². The summed E-state index contributed by atoms with van der Waals surface area (Å²) in [6.07, 6.45) is 3.09. The smallest absolute Gasteiger partial charge is 0.109 e. The fourth-order valence-electron chi connectivity index (χ4n) is 1.56. The summed E-state index contributed by atoms with van der Waals surface area (Å²) >= 11 is 0. The molecule has 0 aliphatic rings. The van der Waals surface area contributed by atoms with Gasteiger partial charge in [0.2, 0.25) is 0 Å². The second kappa shape index (κ2) is 7.48. The third kappa shape index (κ3) is 10.9. The maximum absolute atomic E-state index is 9.60. The second-order valence-corrected chi connectivity index (χ2v) is 6.14. The SMILES string of the molecule is CCCC(C)[B][B]C(C)(C)OCCC(C)(C)O. The van der Waals surface area contributed by atoms with E-state index in [1.54, 1.807) is 0 Å². The van der Waals surface area contributed by atoms with Gasteiger partial charge in [-0.3, -0.25) is 0 Å². The van der Waals surface area contributed by atoms with Gasteiger partial charge in [0.15, 0.2) is 0 Å². The van der Waals surface area contributed by atoms with Gasteiger partial charge in [-0.15, -0.1) is 0 Å². The molecule has 98 valence electrons. The van der Waals surface area contributed by atoms with Gasteiger partial charge in [0.05, 0.1) is 12.8 Å². The molecule has 0 aromatic carbocycles. The van der Waals surface area contributed by atoms with Crippen molar-refractivity contribution in [1.82, 2.24) is 0 Å². The Labute approximate surface area is 109 Å². The lowest BCUT2D eigenvalue weighted by molar-refractivity contribution is -0.00669. The summed E-state index contributed by atoms with van der Waals surface area (Å²) in [5.41, 5.74) is -0.886. The molecule has 0 aliphatic carbocycles. The van der Waals surface area contributed by atoms with E-state index in [2.05, 4.69) is 42.0 Å². The first-order valence-electron chi connectivity index (χ1n) is 6.72. The third-order valence-electron chi connectivity index (χ3n) is 2.76. The van der Waals surface area contributed by atoms with E-state index >= 15 is 0 Å². The molecule has 0 rings (SSSR count). The summed E-state index contributed by atoms with van der Waals surface area (Å²) in [6, 6.07) is 0. The Balaban J connectivity index is 3.79. The van der Waals surface area contributed by atoms with Gasteiger partial charge < -0.3 is 9.84 Å². The van der Waals surface area contributed by atoms with Crippen molar-refractivity contribution in [2.75, 3.05) is 6.61 Å². The highest BCUT2D eigenvalue weighted by Gasteiger charge is 2.22. The van der Waals surface area contributed by atoms with Crippen molar-refractivity contribution in [2.45, 2.75) is 77.7 Å². The van der Waals surface area contributed by atoms with Crippen LogP contribution in [0.5, 0.6) is 0 Å². The molecule has 0 aliphatic heterocycles. The molecule has 1 N–H and O–H groups in total. The minimum atomic E-state index is -0.644. The van der Waals surface area contributed by atoms with Crippen LogP contribution in [0.15, 0.2) is 0 Å². The largest absolute Gasteiger partial charge is 0.390 e. The van der Waals surface area contributed by atoms with Crippen molar-refractivity contribution < 1.29 is 9.84 Å². The highest BCUT2D eigenvalue weighted by Crippen LogP contribution is 2.15. The van der Waals surface area contributed by atoms with Gasteiger partial charge in [0.1, 0.15) is 7.17 Å². The Hall–Kier alpha value is 0.0499. The summed E-state index contributed by atoms with van der Waals surface area (Å²) in [7, 11) is 4.37. The molecule has 0 spiro atoms. The summed E-state index contributed by atoms with van der Waals surface area (Å²) in [5.74, 6) is 0.608. The van der Waals surface area contributed by atoms with Crippen molar-refractivity contribution in [3.63, 3.8) is 0 Å². The average Bonchev–Trinajstić information content (AvgIpc) is 2.13. The molecule has 1 unspecified atom stereocenters. The van der Waals surface area contributed by atoms with Crippen molar-refractivity contribution in [1.29, 1.82) is 0 Å². The fraction of sp³-hybridized carbons (Fsp3) is 1.00. The van der Waals surface area contributed by atoms with Crippen LogP contribution in [-0.2, 0) is 4.74 Å². The normalized spacial score (nSPS) is 14.5. The van der Waals surface area contributed by atoms with Crippen LogP contribution in [0.3, 0.4) is 0 Å². The molecule has 0 fully saturated rings. The molecule has 0 saturated carbocycles. The van der Waals surface area contributed by atoms with Gasteiger partial charge in [0.25, 0.3) is 0 Å². The van der Waals surface area contributed by atoms with E-state index in [9.17, 15) is 5.11 Å². The average molecular weight is 238 g/mol. The van der Waals surface area contributed by atoms with E-state index in [0.717, 1.165) is 0 Å². The summed E-state index contributed by atoms with van der Waals surface area (Å²) in [6.45, 7) is 12.8. The maximum atomic E-state index is 9.60. The van der Waals surface area contributed by atoms with E-state index in [1.807, 2.05) is 13.8 Å². The Morgan fingerprint density at radius 1 is 1.24 bits per heavy atom. The van der Waals surface area contributed by atoms with E-state index in [4.69, 9.17) is 4.74 Å². The topological polar surface area (TPSA) is 29.5 Å². The first-order chi connectivity index (χ1) is 7.66. The first kappa shape index (κ1) is 17.0. The third-order valence-corrected chi connectivity index (χ3v) is 2.76. The zero-order chi connectivity index (χ0) is 13.5. The first-order valence-corrected chi connectivity index (χ1v) is 6.72. The van der Waals surface area contributed by atoms with Gasteiger partial charge >= 0.3 is 0 Å². The number of rotatable bonds is 9. The molecule has 4 heteroatoms. The predicted octanol–water partition coefficient (Wildman–Crippen LogP) is 2.83. The molecule has 0 bridgehead atoms. The van der Waals surface area contributed by atoms with Crippen LogP contribution in [0.2, 0.25) is 5.82 Å². The minimum Gasteiger partial charge on any atom is -0.390 e. The molecule has 1 atom stereocenters. The summed E-state index contributed by atoms with van der Waals surface area (Å²) < 4.78 is 5.79. The Morgan fingerprint density at radius 3 is 2.29 bits per heavy atom. The lowest BCUT2D eigenvalue weighted by Crippen LogP contribution is -2.38. The van der Waals surface area contributed by atoms with Gasteiger partial charge in [-0.25, -0.2) is 0 Å². The van der Waals surface area contributed by atoms with Gasteiger partial charge in [0, 0.05) is 12.1 Å². The number of aliphatic hydroxyl groups is 1. The molecular weight excluding hydrogens is 210 g/mol. The lowest BCUT2D eigenvalue weighted by atomic mass is 9.28. The van der Waals surface area contributed by atoms with E-state index in [1.165, 1.54) is 12.8 Å². The van der Waals surface area contributed by atoms with Gasteiger partial charge in [-0.1, -0.05) is 32.5 Å². The van der Waals surface area contributed by atoms with Gasteiger partial charge in [-0.05, 0) is 34.1 Å². The molecule has 0 amide bonds. The Bertz CT molecular complexity index is 200. The van der Waals surface area contributed by atoms with Crippen LogP contribution in [0, 0.1) is 0 Å². The molecule has 17 heavy (non-hydrogen) atoms. The number of hydrogen-bond acceptors (Lipinski definition) is 2. The highest BCUT2D eigenvalue weighted by atomic mass is 16.5. The molecule has 2 nitrogen and oxygen atoms in total. The van der Waals surface area contributed by atoms with Crippen LogP contribution in [0.1, 0.15) is 60.8 Å². The molecule has 0 saturated heterocycles. The molecule has 2 radical (unpaired) electrons. The van der Waals surface area contributed by atoms with Crippen LogP contribution in [0.25, 0.3) is 0 Å². The summed E-state index contributed by atoms with van der Waals surface area (Å²) in [4.78, 5) is 0.